The quantitative estimate of drug-likeness (QED) is 0.753. The summed E-state index contributed by atoms with van der Waals surface area (Å²) in [5.74, 6) is -0.191. The lowest BCUT2D eigenvalue weighted by molar-refractivity contribution is 0.0617. The Bertz CT molecular complexity index is 560. The monoisotopic (exact) mass is 289 g/mol. The van der Waals surface area contributed by atoms with Crippen LogP contribution in [0.25, 0.3) is 0 Å². The Morgan fingerprint density at radius 3 is 2.71 bits per heavy atom. The molecule has 0 heterocycles. The molecule has 0 aliphatic rings. The number of hydrogen-bond acceptors (Lipinski definition) is 3. The molecule has 0 amide bonds. The molecule has 0 bridgehead atoms. The lowest BCUT2D eigenvalue weighted by Gasteiger charge is -2.09. The summed E-state index contributed by atoms with van der Waals surface area (Å²) in [6.07, 6.45) is 0. The van der Waals surface area contributed by atoms with Gasteiger partial charge in [-0.2, -0.15) is 0 Å². The SMILES string of the molecule is COCCOCc1cccc(NCc2ccccc2F)c1. The van der Waals surface area contributed by atoms with Gasteiger partial charge >= 0.3 is 0 Å². The molecule has 0 radical (unpaired) electrons. The van der Waals surface area contributed by atoms with Crippen molar-refractivity contribution in [2.45, 2.75) is 13.2 Å². The van der Waals surface area contributed by atoms with Crippen molar-refractivity contribution >= 4 is 5.69 Å². The summed E-state index contributed by atoms with van der Waals surface area (Å²) in [4.78, 5) is 0. The van der Waals surface area contributed by atoms with Gasteiger partial charge in [-0.05, 0) is 23.8 Å². The van der Waals surface area contributed by atoms with Crippen LogP contribution >= 0.6 is 0 Å². The molecule has 0 aliphatic carbocycles. The fourth-order valence-corrected chi connectivity index (χ4v) is 1.94. The van der Waals surface area contributed by atoms with E-state index >= 15 is 0 Å². The van der Waals surface area contributed by atoms with Gasteiger partial charge in [0.15, 0.2) is 0 Å². The first-order chi connectivity index (χ1) is 10.3. The van der Waals surface area contributed by atoms with Gasteiger partial charge in [0.1, 0.15) is 5.82 Å². The van der Waals surface area contributed by atoms with E-state index in [4.69, 9.17) is 9.47 Å². The van der Waals surface area contributed by atoms with Crippen LogP contribution in [0.3, 0.4) is 0 Å². The van der Waals surface area contributed by atoms with Gasteiger partial charge in [-0.1, -0.05) is 30.3 Å². The third kappa shape index (κ3) is 5.17. The van der Waals surface area contributed by atoms with Crippen molar-refractivity contribution in [3.8, 4) is 0 Å². The summed E-state index contributed by atoms with van der Waals surface area (Å²) >= 11 is 0. The number of nitrogens with one attached hydrogen (secondary N) is 1. The van der Waals surface area contributed by atoms with E-state index < -0.39 is 0 Å². The van der Waals surface area contributed by atoms with Crippen LogP contribution in [0.4, 0.5) is 10.1 Å². The molecule has 1 N–H and O–H groups in total. The molecule has 0 aliphatic heterocycles. The van der Waals surface area contributed by atoms with Crippen LogP contribution in [0.1, 0.15) is 11.1 Å². The number of rotatable bonds is 8. The molecule has 0 saturated heterocycles. The Kier molecular flexibility index (Phi) is 6.19. The molecule has 0 spiro atoms. The normalized spacial score (nSPS) is 10.6. The molecular weight excluding hydrogens is 269 g/mol. The summed E-state index contributed by atoms with van der Waals surface area (Å²) in [5.41, 5.74) is 2.68. The minimum atomic E-state index is -0.191. The Morgan fingerprint density at radius 1 is 1.05 bits per heavy atom. The molecule has 21 heavy (non-hydrogen) atoms. The minimum absolute atomic E-state index is 0.191. The van der Waals surface area contributed by atoms with Gasteiger partial charge in [-0.15, -0.1) is 0 Å². The second-order valence-electron chi connectivity index (χ2n) is 4.69. The van der Waals surface area contributed by atoms with Gasteiger partial charge in [-0.3, -0.25) is 0 Å². The van der Waals surface area contributed by atoms with Gasteiger partial charge in [0.05, 0.1) is 19.8 Å². The van der Waals surface area contributed by atoms with E-state index in [1.807, 2.05) is 30.3 Å². The maximum absolute atomic E-state index is 13.5. The molecule has 0 atom stereocenters. The number of halogens is 1. The maximum Gasteiger partial charge on any atom is 0.128 e. The van der Waals surface area contributed by atoms with Crippen LogP contribution in [0, 0.1) is 5.82 Å². The van der Waals surface area contributed by atoms with E-state index in [9.17, 15) is 4.39 Å². The van der Waals surface area contributed by atoms with Crippen molar-refractivity contribution in [3.05, 3.63) is 65.5 Å². The van der Waals surface area contributed by atoms with E-state index in [1.54, 1.807) is 19.2 Å². The predicted octanol–water partition coefficient (Wildman–Crippen LogP) is 3.60. The summed E-state index contributed by atoms with van der Waals surface area (Å²) in [7, 11) is 1.65. The van der Waals surface area contributed by atoms with Crippen LogP contribution in [0.2, 0.25) is 0 Å². The second-order valence-corrected chi connectivity index (χ2v) is 4.69. The third-order valence-electron chi connectivity index (χ3n) is 3.07. The number of hydrogen-bond donors (Lipinski definition) is 1. The van der Waals surface area contributed by atoms with Crippen molar-refractivity contribution in [2.24, 2.45) is 0 Å². The topological polar surface area (TPSA) is 30.5 Å². The van der Waals surface area contributed by atoms with Crippen LogP contribution in [0.5, 0.6) is 0 Å². The van der Waals surface area contributed by atoms with Crippen molar-refractivity contribution in [2.75, 3.05) is 25.6 Å². The van der Waals surface area contributed by atoms with Gasteiger partial charge in [-0.25, -0.2) is 4.39 Å². The Balaban J connectivity index is 1.87. The summed E-state index contributed by atoms with van der Waals surface area (Å²) in [6.45, 7) is 2.16. The highest BCUT2D eigenvalue weighted by Gasteiger charge is 2.01. The van der Waals surface area contributed by atoms with E-state index in [1.165, 1.54) is 6.07 Å². The van der Waals surface area contributed by atoms with Gasteiger partial charge < -0.3 is 14.8 Å². The van der Waals surface area contributed by atoms with Gasteiger partial charge in [0, 0.05) is 24.9 Å². The maximum atomic E-state index is 13.5. The van der Waals surface area contributed by atoms with Crippen LogP contribution in [-0.4, -0.2) is 20.3 Å². The number of benzene rings is 2. The Hall–Kier alpha value is -1.91. The van der Waals surface area contributed by atoms with Crippen molar-refractivity contribution in [3.63, 3.8) is 0 Å². The lowest BCUT2D eigenvalue weighted by atomic mass is 10.2. The predicted molar refractivity (Wildman–Crippen MR) is 81.7 cm³/mol. The first kappa shape index (κ1) is 15.5. The smallest absolute Gasteiger partial charge is 0.128 e. The third-order valence-corrected chi connectivity index (χ3v) is 3.07. The number of ether oxygens (including phenoxy) is 2. The zero-order valence-corrected chi connectivity index (χ0v) is 12.1. The summed E-state index contributed by atoms with van der Waals surface area (Å²) in [5, 5.41) is 3.22. The highest BCUT2D eigenvalue weighted by molar-refractivity contribution is 5.46. The first-order valence-corrected chi connectivity index (χ1v) is 6.92. The lowest BCUT2D eigenvalue weighted by Crippen LogP contribution is -2.04. The zero-order chi connectivity index (χ0) is 14.9. The Labute approximate surface area is 124 Å². The van der Waals surface area contributed by atoms with E-state index in [0.717, 1.165) is 11.3 Å². The molecule has 2 aromatic carbocycles. The molecule has 0 unspecified atom stereocenters. The summed E-state index contributed by atoms with van der Waals surface area (Å²) < 4.78 is 24.0. The van der Waals surface area contributed by atoms with Crippen LogP contribution in [0.15, 0.2) is 48.5 Å². The molecule has 4 heteroatoms. The highest BCUT2D eigenvalue weighted by Crippen LogP contribution is 2.14. The average molecular weight is 289 g/mol. The van der Waals surface area contributed by atoms with Crippen LogP contribution < -0.4 is 5.32 Å². The van der Waals surface area contributed by atoms with Gasteiger partial charge in [0.2, 0.25) is 0 Å². The highest BCUT2D eigenvalue weighted by atomic mass is 19.1. The van der Waals surface area contributed by atoms with Crippen molar-refractivity contribution in [1.82, 2.24) is 0 Å². The molecule has 0 saturated carbocycles. The first-order valence-electron chi connectivity index (χ1n) is 6.92. The molecule has 2 rings (SSSR count). The van der Waals surface area contributed by atoms with Crippen LogP contribution in [-0.2, 0) is 22.6 Å². The summed E-state index contributed by atoms with van der Waals surface area (Å²) in [6, 6.07) is 14.7. The Morgan fingerprint density at radius 2 is 1.90 bits per heavy atom. The minimum Gasteiger partial charge on any atom is -0.382 e. The molecule has 3 nitrogen and oxygen atoms in total. The molecule has 0 aromatic heterocycles. The fraction of sp³-hybridized carbons (Fsp3) is 0.294. The standard InChI is InChI=1S/C17H20FNO2/c1-20-9-10-21-13-14-5-4-7-16(11-14)19-12-15-6-2-3-8-17(15)18/h2-8,11,19H,9-10,12-13H2,1H3. The molecular formula is C17H20FNO2. The average Bonchev–Trinajstić information content (AvgIpc) is 2.51. The second kappa shape index (κ2) is 8.39. The van der Waals surface area contributed by atoms with E-state index in [2.05, 4.69) is 5.32 Å². The van der Waals surface area contributed by atoms with E-state index in [-0.39, 0.29) is 5.82 Å². The van der Waals surface area contributed by atoms with Gasteiger partial charge in [0.25, 0.3) is 0 Å². The van der Waals surface area contributed by atoms with E-state index in [0.29, 0.717) is 31.9 Å². The fourth-order valence-electron chi connectivity index (χ4n) is 1.94. The van der Waals surface area contributed by atoms with Crippen molar-refractivity contribution < 1.29 is 13.9 Å². The molecule has 112 valence electrons. The number of methoxy groups -OCH3 is 1. The van der Waals surface area contributed by atoms with Crippen molar-refractivity contribution in [1.29, 1.82) is 0 Å². The zero-order valence-electron chi connectivity index (χ0n) is 12.1. The molecule has 0 fully saturated rings. The largest absolute Gasteiger partial charge is 0.382 e. The number of anilines is 1. The molecule has 2 aromatic rings.